The quantitative estimate of drug-likeness (QED) is 0.0869. The Morgan fingerprint density at radius 2 is 1.76 bits per heavy atom. The van der Waals surface area contributed by atoms with Gasteiger partial charge in [-0.1, -0.05) is 54.9 Å². The second-order valence-corrected chi connectivity index (χ2v) is 15.6. The summed E-state index contributed by atoms with van der Waals surface area (Å²) < 4.78 is 25.7. The van der Waals surface area contributed by atoms with Crippen LogP contribution in [0.2, 0.25) is 0 Å². The third-order valence-corrected chi connectivity index (χ3v) is 10.8. The summed E-state index contributed by atoms with van der Waals surface area (Å²) in [6.45, 7) is 14.6. The Bertz CT molecular complexity index is 1660. The maximum Gasteiger partial charge on any atom is 0.239 e. The largest absolute Gasteiger partial charge is 0.497 e. The van der Waals surface area contributed by atoms with Crippen LogP contribution in [0.1, 0.15) is 82.8 Å². The highest BCUT2D eigenvalue weighted by Crippen LogP contribution is 2.61. The molecule has 6 atom stereocenters. The number of carbonyl (C=O) groups excluding carboxylic acids is 1. The molecular weight excluding hydrogens is 684 g/mol. The lowest BCUT2D eigenvalue weighted by molar-refractivity contribution is -0.255. The lowest BCUT2D eigenvalue weighted by Crippen LogP contribution is -2.69. The molecule has 10 heteroatoms. The third kappa shape index (κ3) is 9.21. The molecule has 3 aliphatic rings. The van der Waals surface area contributed by atoms with Crippen LogP contribution in [0.25, 0.3) is 0 Å². The molecule has 2 aromatic rings. The Hall–Kier alpha value is -4.12. The average molecular weight is 745 g/mol. The Morgan fingerprint density at radius 3 is 2.44 bits per heavy atom. The molecule has 2 aliphatic carbocycles. The highest BCUT2D eigenvalue weighted by molar-refractivity contribution is 6.03. The predicted octanol–water partition coefficient (Wildman–Crippen LogP) is 7.39. The van der Waals surface area contributed by atoms with Gasteiger partial charge in [0, 0.05) is 38.2 Å². The molecule has 1 saturated carbocycles. The van der Waals surface area contributed by atoms with Crippen LogP contribution < -0.4 is 14.2 Å². The molecule has 1 fully saturated rings. The number of unbranched alkanes of at least 4 members (excludes halogenated alkanes) is 2. The molecule has 0 saturated heterocycles. The number of ether oxygens (including phenoxy) is 4. The van der Waals surface area contributed by atoms with Crippen molar-refractivity contribution in [2.75, 3.05) is 40.6 Å². The number of rotatable bonds is 19. The smallest absolute Gasteiger partial charge is 0.239 e. The van der Waals surface area contributed by atoms with Gasteiger partial charge in [0.05, 0.1) is 31.8 Å². The van der Waals surface area contributed by atoms with E-state index in [0.29, 0.717) is 43.1 Å². The zero-order chi connectivity index (χ0) is 38.9. The fraction of sp³-hybridized carbons (Fsp3) is 0.545. The summed E-state index contributed by atoms with van der Waals surface area (Å²) in [6.07, 6.45) is 11.1. The molecule has 2 aromatic carbocycles. The minimum absolute atomic E-state index is 0.102. The Morgan fingerprint density at radius 1 is 1.02 bits per heavy atom. The molecule has 0 aromatic heterocycles. The Kier molecular flexibility index (Phi) is 14.0. The van der Waals surface area contributed by atoms with Gasteiger partial charge < -0.3 is 38.9 Å². The molecule has 1 heterocycles. The summed E-state index contributed by atoms with van der Waals surface area (Å²) in [5, 5.41) is 24.5. The number of allylic oxidation sites excluding steroid dienone is 1. The number of hydrogen-bond acceptors (Lipinski definition) is 9. The normalized spacial score (nSPS) is 25.1. The van der Waals surface area contributed by atoms with E-state index in [4.69, 9.17) is 28.9 Å². The lowest BCUT2D eigenvalue weighted by atomic mass is 9.55. The number of carbonyl (C=O) groups is 1. The summed E-state index contributed by atoms with van der Waals surface area (Å²) >= 11 is 0. The van der Waals surface area contributed by atoms with Gasteiger partial charge in [0.25, 0.3) is 0 Å². The van der Waals surface area contributed by atoms with Crippen LogP contribution in [0.15, 0.2) is 84.6 Å². The molecular formula is C44H60N2O8. The third-order valence-electron chi connectivity index (χ3n) is 10.8. The summed E-state index contributed by atoms with van der Waals surface area (Å²) in [5.74, 6) is 0.394. The van der Waals surface area contributed by atoms with E-state index in [0.717, 1.165) is 48.1 Å². The summed E-state index contributed by atoms with van der Waals surface area (Å²) in [5.41, 5.74) is 3.04. The summed E-state index contributed by atoms with van der Waals surface area (Å²) in [4.78, 5) is 22.3. The first-order valence-electron chi connectivity index (χ1n) is 19.4. The van der Waals surface area contributed by atoms with Crippen molar-refractivity contribution in [3.63, 3.8) is 0 Å². The SMILES string of the molecule is C=CCOc1ccc2c(c1)C1C(CCCCO)C(CCCCO)C=C3C(=NOC(C)(C)C)CC(N(C)C(=O)Cc4cccc(OC)c4)C(OCC=C)(O2)C31. The number of likely N-dealkylation sites (N-methyl/N-ethyl adjacent to an activating group) is 1. The Balaban J connectivity index is 1.74. The van der Waals surface area contributed by atoms with Gasteiger partial charge in [0.1, 0.15) is 35.5 Å². The van der Waals surface area contributed by atoms with Gasteiger partial charge in [-0.3, -0.25) is 4.79 Å². The van der Waals surface area contributed by atoms with E-state index in [1.54, 1.807) is 24.2 Å². The maximum absolute atomic E-state index is 14.4. The average Bonchev–Trinajstić information content (AvgIpc) is 3.16. The number of fused-ring (bicyclic) bond motifs is 2. The summed E-state index contributed by atoms with van der Waals surface area (Å²) in [7, 11) is 3.44. The topological polar surface area (TPSA) is 119 Å². The minimum atomic E-state index is -1.31. The second-order valence-electron chi connectivity index (χ2n) is 15.6. The van der Waals surface area contributed by atoms with E-state index in [2.05, 4.69) is 25.3 Å². The zero-order valence-electron chi connectivity index (χ0n) is 32.8. The Labute approximate surface area is 321 Å². The van der Waals surface area contributed by atoms with Crippen LogP contribution in [-0.4, -0.2) is 84.7 Å². The van der Waals surface area contributed by atoms with Gasteiger partial charge in [-0.2, -0.15) is 0 Å². The van der Waals surface area contributed by atoms with Crippen molar-refractivity contribution in [3.05, 3.63) is 90.6 Å². The maximum atomic E-state index is 14.4. The monoisotopic (exact) mass is 744 g/mol. The number of aliphatic hydroxyl groups excluding tert-OH is 2. The molecule has 10 nitrogen and oxygen atoms in total. The fourth-order valence-electron chi connectivity index (χ4n) is 8.42. The molecule has 0 bridgehead atoms. The molecule has 1 aliphatic heterocycles. The van der Waals surface area contributed by atoms with E-state index >= 15 is 0 Å². The van der Waals surface area contributed by atoms with E-state index in [1.165, 1.54) is 0 Å². The number of nitrogens with zero attached hydrogens (tertiary/aromatic N) is 2. The molecule has 6 unspecified atom stereocenters. The number of hydrogen-bond donors (Lipinski definition) is 2. The van der Waals surface area contributed by atoms with Gasteiger partial charge in [0.2, 0.25) is 11.7 Å². The zero-order valence-corrected chi connectivity index (χ0v) is 32.8. The van der Waals surface area contributed by atoms with Crippen LogP contribution in [0.3, 0.4) is 0 Å². The molecule has 2 N–H and O–H groups in total. The molecule has 294 valence electrons. The number of methoxy groups -OCH3 is 1. The van der Waals surface area contributed by atoms with Crippen LogP contribution in [0, 0.1) is 17.8 Å². The van der Waals surface area contributed by atoms with Crippen molar-refractivity contribution in [1.29, 1.82) is 0 Å². The molecule has 54 heavy (non-hydrogen) atoms. The number of benzene rings is 2. The van der Waals surface area contributed by atoms with Gasteiger partial charge >= 0.3 is 0 Å². The van der Waals surface area contributed by atoms with Crippen molar-refractivity contribution >= 4 is 11.6 Å². The standard InChI is InChI=1S/C44H60N2O8/c1-8-23-51-33-19-20-38-36(28-33)41-34(18-11-13-22-48)31(16-10-12-21-47)27-35-37(45-54-43(3,4)5)29-39(44(53-38,42(35)41)52-24-9-2)46(6)40(49)26-30-15-14-17-32(25-30)50-7/h8-9,14-15,17,19-20,25,27-28,31,34,39,41-42,47-48H,1-2,10-13,16,18,21-24,26,29H2,3-7H3. The van der Waals surface area contributed by atoms with E-state index in [-0.39, 0.29) is 55.8 Å². The van der Waals surface area contributed by atoms with Crippen LogP contribution >= 0.6 is 0 Å². The highest BCUT2D eigenvalue weighted by Gasteiger charge is 2.65. The van der Waals surface area contributed by atoms with Gasteiger partial charge in [-0.15, -0.1) is 6.58 Å². The first-order valence-corrected chi connectivity index (χ1v) is 19.4. The van der Waals surface area contributed by atoms with Crippen molar-refractivity contribution in [1.82, 2.24) is 4.90 Å². The van der Waals surface area contributed by atoms with E-state index in [9.17, 15) is 15.0 Å². The van der Waals surface area contributed by atoms with Gasteiger partial charge in [0.15, 0.2) is 0 Å². The van der Waals surface area contributed by atoms with Crippen molar-refractivity contribution < 1.29 is 38.8 Å². The number of aliphatic hydroxyl groups is 2. The van der Waals surface area contributed by atoms with E-state index in [1.807, 2.05) is 64.2 Å². The molecule has 1 amide bonds. The van der Waals surface area contributed by atoms with Gasteiger partial charge in [-0.25, -0.2) is 0 Å². The van der Waals surface area contributed by atoms with Crippen molar-refractivity contribution in [2.24, 2.45) is 22.9 Å². The highest BCUT2D eigenvalue weighted by atomic mass is 16.7. The minimum Gasteiger partial charge on any atom is -0.497 e. The second kappa shape index (κ2) is 18.5. The van der Waals surface area contributed by atoms with Gasteiger partial charge in [-0.05, 0) is 99.8 Å². The first-order chi connectivity index (χ1) is 26.0. The molecule has 0 radical (unpaired) electrons. The number of oxime groups is 1. The predicted molar refractivity (Wildman–Crippen MR) is 211 cm³/mol. The fourth-order valence-corrected chi connectivity index (χ4v) is 8.42. The van der Waals surface area contributed by atoms with Crippen LogP contribution in [0.5, 0.6) is 17.2 Å². The summed E-state index contributed by atoms with van der Waals surface area (Å²) in [6, 6.07) is 12.9. The first kappa shape index (κ1) is 41.1. The molecule has 0 spiro atoms. The lowest BCUT2D eigenvalue weighted by Gasteiger charge is -2.59. The van der Waals surface area contributed by atoms with Crippen LogP contribution in [-0.2, 0) is 20.8 Å². The van der Waals surface area contributed by atoms with E-state index < -0.39 is 17.4 Å². The van der Waals surface area contributed by atoms with Crippen molar-refractivity contribution in [3.8, 4) is 17.2 Å². The molecule has 5 rings (SSSR count). The number of amides is 1. The van der Waals surface area contributed by atoms with Crippen molar-refractivity contribution in [2.45, 2.75) is 95.5 Å². The van der Waals surface area contributed by atoms with Crippen LogP contribution in [0.4, 0.5) is 0 Å².